The summed E-state index contributed by atoms with van der Waals surface area (Å²) in [4.78, 5) is 24.6. The minimum absolute atomic E-state index is 0.0417. The molecule has 2 aromatic rings. The molecule has 1 saturated carbocycles. The fourth-order valence-electron chi connectivity index (χ4n) is 9.99. The van der Waals surface area contributed by atoms with Gasteiger partial charge in [-0.1, -0.05) is 13.0 Å². The summed E-state index contributed by atoms with van der Waals surface area (Å²) in [5.74, 6) is -3.05. The Morgan fingerprint density at radius 2 is 1.88 bits per heavy atom. The van der Waals surface area contributed by atoms with Crippen LogP contribution in [0.15, 0.2) is 34.9 Å². The summed E-state index contributed by atoms with van der Waals surface area (Å²) < 4.78 is 24.9. The second-order valence-corrected chi connectivity index (χ2v) is 14.9. The lowest BCUT2D eigenvalue weighted by atomic mass is 9.51. The van der Waals surface area contributed by atoms with Crippen LogP contribution in [0.5, 0.6) is 17.2 Å². The summed E-state index contributed by atoms with van der Waals surface area (Å²) in [6, 6.07) is 2.19. The molecule has 5 aliphatic rings. The molecular weight excluding hydrogens is 664 g/mol. The van der Waals surface area contributed by atoms with Gasteiger partial charge in [0.05, 0.1) is 36.3 Å². The molecular formula is C38H46O13. The molecule has 0 radical (unpaired) electrons. The highest BCUT2D eigenvalue weighted by atomic mass is 16.7. The predicted molar refractivity (Wildman–Crippen MR) is 181 cm³/mol. The van der Waals surface area contributed by atoms with Crippen molar-refractivity contribution in [3.05, 3.63) is 51.6 Å². The largest absolute Gasteiger partial charge is 0.507 e. The molecule has 2 aromatic carbocycles. The van der Waals surface area contributed by atoms with Crippen molar-refractivity contribution in [3.63, 3.8) is 0 Å². The van der Waals surface area contributed by atoms with Crippen LogP contribution in [0.1, 0.15) is 72.2 Å². The van der Waals surface area contributed by atoms with Gasteiger partial charge in [-0.15, -0.1) is 0 Å². The highest BCUT2D eigenvalue weighted by Crippen LogP contribution is 2.63. The first-order valence-electron chi connectivity index (χ1n) is 17.6. The molecule has 0 amide bonds. The zero-order valence-corrected chi connectivity index (χ0v) is 28.9. The minimum atomic E-state index is -1.78. The van der Waals surface area contributed by atoms with Gasteiger partial charge in [0.15, 0.2) is 5.78 Å². The maximum Gasteiger partial charge on any atom is 0.335 e. The molecule has 7 N–H and O–H groups in total. The van der Waals surface area contributed by atoms with Crippen LogP contribution in [-0.4, -0.2) is 111 Å². The summed E-state index contributed by atoms with van der Waals surface area (Å²) in [5.41, 5.74) is 1.14. The highest BCUT2D eigenvalue weighted by molar-refractivity contribution is 6.11. The number of ketones is 1. The molecule has 7 rings (SSSR count). The van der Waals surface area contributed by atoms with E-state index >= 15 is 0 Å². The fraction of sp³-hybridized carbons (Fsp3) is 0.579. The van der Waals surface area contributed by atoms with Crippen molar-refractivity contribution >= 4 is 22.5 Å². The number of hydrogen-bond donors (Lipinski definition) is 7. The standard InChI is InChI=1S/C38H46O13/c1-17-23-13-38(49-15-20-5-6-25(29(20)23)37(8-4-9-39)16-48-10-7-24(17)37)27(14-40)51-36(33(44)34(38)45)50-26-12-21(35(46)47)11-22-30(26)32(43)28(19(3)41)18(2)31(22)42/h6,11-12,17,23-24,27,33-34,36,39-40,42-45H,4-5,7-10,13-16H2,1-3H3,(H,46,47)/t17-,23+,24+,27+,33+,34+,36-,37+,38-/m0/s1. The number of allylic oxidation sites excluding steroid dienone is 2. The molecule has 9 atom stereocenters. The highest BCUT2D eigenvalue weighted by Gasteiger charge is 2.63. The quantitative estimate of drug-likeness (QED) is 0.155. The molecule has 276 valence electrons. The van der Waals surface area contributed by atoms with Crippen LogP contribution in [0.3, 0.4) is 0 Å². The van der Waals surface area contributed by atoms with E-state index in [1.165, 1.54) is 25.0 Å². The molecule has 3 aliphatic heterocycles. The number of phenolic OH excluding ortho intramolecular Hbond substituents is 2. The number of carboxylic acids is 1. The van der Waals surface area contributed by atoms with Gasteiger partial charge in [0.2, 0.25) is 6.29 Å². The first kappa shape index (κ1) is 35.8. The normalized spacial score (nSPS) is 34.6. The van der Waals surface area contributed by atoms with Gasteiger partial charge in [0, 0.05) is 29.6 Å². The van der Waals surface area contributed by atoms with E-state index in [1.54, 1.807) is 0 Å². The third-order valence-electron chi connectivity index (χ3n) is 12.4. The summed E-state index contributed by atoms with van der Waals surface area (Å²) in [6.45, 7) is 5.57. The Morgan fingerprint density at radius 3 is 2.57 bits per heavy atom. The van der Waals surface area contributed by atoms with Gasteiger partial charge >= 0.3 is 5.97 Å². The van der Waals surface area contributed by atoms with E-state index in [4.69, 9.17) is 18.9 Å². The number of hydrogen-bond acceptors (Lipinski definition) is 12. The van der Waals surface area contributed by atoms with E-state index in [1.807, 2.05) is 0 Å². The molecule has 0 bridgehead atoms. The Morgan fingerprint density at radius 1 is 1.12 bits per heavy atom. The Labute approximate surface area is 294 Å². The third kappa shape index (κ3) is 5.31. The van der Waals surface area contributed by atoms with Gasteiger partial charge in [-0.05, 0) is 92.6 Å². The number of carbonyl (C=O) groups is 2. The van der Waals surface area contributed by atoms with Crippen molar-refractivity contribution in [1.29, 1.82) is 0 Å². The minimum Gasteiger partial charge on any atom is -0.507 e. The maximum absolute atomic E-state index is 12.5. The number of aromatic carboxylic acids is 1. The predicted octanol–water partition coefficient (Wildman–Crippen LogP) is 3.13. The zero-order valence-electron chi connectivity index (χ0n) is 28.9. The Hall–Kier alpha value is -3.56. The summed E-state index contributed by atoms with van der Waals surface area (Å²) >= 11 is 0. The van der Waals surface area contributed by atoms with Gasteiger partial charge in [-0.25, -0.2) is 4.79 Å². The Balaban J connectivity index is 1.25. The Bertz CT molecular complexity index is 1830. The van der Waals surface area contributed by atoms with E-state index in [-0.39, 0.29) is 76.0 Å². The van der Waals surface area contributed by atoms with Crippen molar-refractivity contribution in [2.45, 2.75) is 83.1 Å². The average molecular weight is 711 g/mol. The molecule has 1 spiro atoms. The van der Waals surface area contributed by atoms with Crippen LogP contribution in [0.25, 0.3) is 10.8 Å². The molecule has 3 heterocycles. The number of aromatic hydroxyl groups is 2. The molecule has 13 heteroatoms. The number of aliphatic hydroxyl groups excluding tert-OH is 4. The van der Waals surface area contributed by atoms with Crippen LogP contribution in [0, 0.1) is 30.1 Å². The van der Waals surface area contributed by atoms with Gasteiger partial charge in [-0.2, -0.15) is 0 Å². The summed E-state index contributed by atoms with van der Waals surface area (Å²) in [5, 5.41) is 76.1. The maximum atomic E-state index is 12.5. The molecule has 3 fully saturated rings. The zero-order chi connectivity index (χ0) is 36.6. The number of carbonyl (C=O) groups excluding carboxylic acids is 1. The van der Waals surface area contributed by atoms with Crippen LogP contribution >= 0.6 is 0 Å². The van der Waals surface area contributed by atoms with Crippen molar-refractivity contribution in [2.75, 3.05) is 33.0 Å². The molecule has 0 unspecified atom stereocenters. The number of rotatable bonds is 8. The van der Waals surface area contributed by atoms with Crippen LogP contribution in [-0.2, 0) is 14.2 Å². The molecule has 2 aliphatic carbocycles. The monoisotopic (exact) mass is 710 g/mol. The van der Waals surface area contributed by atoms with E-state index in [2.05, 4.69) is 13.0 Å². The van der Waals surface area contributed by atoms with Gasteiger partial charge in [0.25, 0.3) is 0 Å². The first-order valence-corrected chi connectivity index (χ1v) is 17.6. The van der Waals surface area contributed by atoms with Gasteiger partial charge in [0.1, 0.15) is 41.2 Å². The molecule has 0 aromatic heterocycles. The topological polar surface area (TPSA) is 213 Å². The average Bonchev–Trinajstić information content (AvgIpc) is 3.47. The number of aliphatic hydroxyl groups is 4. The third-order valence-corrected chi connectivity index (χ3v) is 12.4. The van der Waals surface area contributed by atoms with E-state index < -0.39 is 60.1 Å². The fourth-order valence-corrected chi connectivity index (χ4v) is 9.99. The number of benzene rings is 2. The lowest BCUT2D eigenvalue weighted by Gasteiger charge is -2.57. The van der Waals surface area contributed by atoms with E-state index in [9.17, 15) is 45.3 Å². The second kappa shape index (κ2) is 13.1. The smallest absolute Gasteiger partial charge is 0.335 e. The number of fused-ring (bicyclic) bond motifs is 3. The van der Waals surface area contributed by atoms with Crippen LogP contribution in [0.4, 0.5) is 0 Å². The molecule has 13 nitrogen and oxygen atoms in total. The van der Waals surface area contributed by atoms with Crippen molar-refractivity contribution < 1.29 is 64.3 Å². The molecule has 2 saturated heterocycles. The SMILES string of the molecule is CC(=O)c1c(C)c(O)c2cc(C(=O)O)cc(O[C@H]3O[C@H](CO)[C@@]4(C[C@H]5C6=C(CC=C6[C@]6(CCCO)COCC[C@@H]6[C@H]5C)CO4)[C@H](O)[C@H]3O)c2c1O. The number of carboxylic acid groups (broad SMARTS) is 1. The van der Waals surface area contributed by atoms with Crippen molar-refractivity contribution in [1.82, 2.24) is 0 Å². The number of phenols is 2. The van der Waals surface area contributed by atoms with Gasteiger partial charge < -0.3 is 54.7 Å². The number of Topliss-reactive ketones (excluding diaryl/α,β-unsaturated/α-hetero) is 1. The first-order chi connectivity index (χ1) is 24.3. The summed E-state index contributed by atoms with van der Waals surface area (Å²) in [6.07, 6.45) is -0.944. The lowest BCUT2D eigenvalue weighted by molar-refractivity contribution is -0.325. The Kier molecular flexibility index (Phi) is 9.23. The van der Waals surface area contributed by atoms with E-state index in [0.29, 0.717) is 26.1 Å². The molecule has 51 heavy (non-hydrogen) atoms. The van der Waals surface area contributed by atoms with Gasteiger partial charge in [-0.3, -0.25) is 4.79 Å². The van der Waals surface area contributed by atoms with Crippen LogP contribution < -0.4 is 4.74 Å². The second-order valence-electron chi connectivity index (χ2n) is 14.9. The number of ether oxygens (including phenoxy) is 4. The summed E-state index contributed by atoms with van der Waals surface area (Å²) in [7, 11) is 0. The van der Waals surface area contributed by atoms with Crippen molar-refractivity contribution in [2.24, 2.45) is 23.2 Å². The van der Waals surface area contributed by atoms with Crippen molar-refractivity contribution in [3.8, 4) is 17.2 Å². The van der Waals surface area contributed by atoms with E-state index in [0.717, 1.165) is 30.5 Å². The lowest BCUT2D eigenvalue weighted by Crippen LogP contribution is -2.69. The van der Waals surface area contributed by atoms with Crippen LogP contribution in [0.2, 0.25) is 0 Å².